The van der Waals surface area contributed by atoms with Crippen molar-refractivity contribution >= 4 is 40.0 Å². The van der Waals surface area contributed by atoms with E-state index in [2.05, 4.69) is 101 Å². The standard InChI is InChI=1S/C26H30Si.2ClH.Zr/c1-17(2)23-16-24(22-14-10-9-13-21(22)23)27(5,6)25-15-19-11-7-8-12-20(19)26(25)18(3)4;;;/h7-18H,1-6H3;2*1H;/q-2;;;+4/p-2. The summed E-state index contributed by atoms with van der Waals surface area (Å²) in [5.41, 5.74) is 3.07. The summed E-state index contributed by atoms with van der Waals surface area (Å²) in [6.45, 7) is 14.4. The predicted molar refractivity (Wildman–Crippen MR) is 124 cm³/mol. The van der Waals surface area contributed by atoms with Gasteiger partial charge in [0.2, 0.25) is 0 Å². The van der Waals surface area contributed by atoms with Crippen LogP contribution in [-0.2, 0) is 26.2 Å². The van der Waals surface area contributed by atoms with Crippen molar-refractivity contribution in [1.82, 2.24) is 0 Å². The molecule has 0 saturated heterocycles. The molecule has 4 aromatic rings. The van der Waals surface area contributed by atoms with Gasteiger partial charge in [0.15, 0.2) is 0 Å². The molecular weight excluding hydrogens is 503 g/mol. The van der Waals surface area contributed by atoms with Crippen LogP contribution in [0.15, 0.2) is 60.7 Å². The van der Waals surface area contributed by atoms with E-state index < -0.39 is 8.07 Å². The van der Waals surface area contributed by atoms with Gasteiger partial charge in [-0.2, -0.15) is 16.5 Å². The van der Waals surface area contributed by atoms with Gasteiger partial charge in [-0.25, -0.2) is 0 Å². The first-order valence-corrected chi connectivity index (χ1v) is 13.2. The fourth-order valence-corrected chi connectivity index (χ4v) is 8.12. The molecule has 0 atom stereocenters. The van der Waals surface area contributed by atoms with Gasteiger partial charge in [-0.1, -0.05) is 64.8 Å². The monoisotopic (exact) mass is 530 g/mol. The smallest absolute Gasteiger partial charge is 1.00 e. The van der Waals surface area contributed by atoms with Crippen LogP contribution in [0.3, 0.4) is 0 Å². The zero-order valence-electron chi connectivity index (χ0n) is 18.7. The summed E-state index contributed by atoms with van der Waals surface area (Å²) >= 11 is 0. The SMILES string of the molecule is CC(C)c1c([Si](C)(C)[c-]2cc(C(C)C)c3ccccc32)[cH-]c2ccccc12.[Cl-].[Cl-].[Zr+4]. The number of halogens is 2. The van der Waals surface area contributed by atoms with Crippen LogP contribution in [0, 0.1) is 0 Å². The van der Waals surface area contributed by atoms with Gasteiger partial charge in [0.1, 0.15) is 0 Å². The molecule has 30 heavy (non-hydrogen) atoms. The Morgan fingerprint density at radius 1 is 0.800 bits per heavy atom. The molecule has 4 aromatic carbocycles. The molecule has 0 aliphatic carbocycles. The zero-order chi connectivity index (χ0) is 19.3. The molecular formula is C26H30Cl2SiZr. The average Bonchev–Trinajstić information content (AvgIpc) is 3.21. The minimum Gasteiger partial charge on any atom is -1.00 e. The van der Waals surface area contributed by atoms with Crippen molar-refractivity contribution in [3.63, 3.8) is 0 Å². The van der Waals surface area contributed by atoms with E-state index in [4.69, 9.17) is 0 Å². The van der Waals surface area contributed by atoms with E-state index >= 15 is 0 Å². The van der Waals surface area contributed by atoms with Crippen LogP contribution in [0.4, 0.5) is 0 Å². The van der Waals surface area contributed by atoms with Gasteiger partial charge in [-0.3, -0.25) is 0 Å². The number of rotatable bonds is 4. The number of hydrogen-bond acceptors (Lipinski definition) is 0. The molecule has 0 aliphatic rings. The fourth-order valence-electron chi connectivity index (χ4n) is 4.81. The Labute approximate surface area is 214 Å². The third-order valence-electron chi connectivity index (χ3n) is 6.22. The van der Waals surface area contributed by atoms with E-state index in [0.717, 1.165) is 0 Å². The zero-order valence-corrected chi connectivity index (χ0v) is 23.7. The van der Waals surface area contributed by atoms with Gasteiger partial charge in [0.25, 0.3) is 0 Å². The predicted octanol–water partition coefficient (Wildman–Crippen LogP) is 0.506. The number of benzene rings is 2. The number of hydrogen-bond donors (Lipinski definition) is 0. The van der Waals surface area contributed by atoms with Crippen molar-refractivity contribution in [1.29, 1.82) is 0 Å². The summed E-state index contributed by atoms with van der Waals surface area (Å²) in [5.74, 6) is 1.09. The van der Waals surface area contributed by atoms with Crippen LogP contribution in [0.5, 0.6) is 0 Å². The van der Waals surface area contributed by atoms with Crippen LogP contribution < -0.4 is 35.2 Å². The number of fused-ring (bicyclic) bond motifs is 2. The molecule has 4 rings (SSSR count). The first-order chi connectivity index (χ1) is 12.8. The first kappa shape index (κ1) is 27.4. The molecule has 0 radical (unpaired) electrons. The minimum atomic E-state index is -1.84. The maximum Gasteiger partial charge on any atom is 4.00 e. The van der Waals surface area contributed by atoms with Crippen molar-refractivity contribution in [3.8, 4) is 0 Å². The van der Waals surface area contributed by atoms with Crippen LogP contribution in [-0.4, -0.2) is 8.07 Å². The molecule has 0 unspecified atom stereocenters. The Morgan fingerprint density at radius 3 is 1.97 bits per heavy atom. The van der Waals surface area contributed by atoms with Gasteiger partial charge < -0.3 is 24.8 Å². The molecule has 0 aromatic heterocycles. The Kier molecular flexibility index (Phi) is 9.40. The Hall–Kier alpha value is -0.660. The van der Waals surface area contributed by atoms with E-state index in [1.165, 1.54) is 27.1 Å². The quantitative estimate of drug-likeness (QED) is 0.266. The van der Waals surface area contributed by atoms with E-state index in [0.29, 0.717) is 11.8 Å². The first-order valence-electron chi connectivity index (χ1n) is 10.2. The van der Waals surface area contributed by atoms with E-state index in [-0.39, 0.29) is 51.0 Å². The topological polar surface area (TPSA) is 0 Å². The largest absolute Gasteiger partial charge is 4.00 e. The molecule has 4 heteroatoms. The van der Waals surface area contributed by atoms with Gasteiger partial charge in [-0.15, -0.1) is 75.1 Å². The summed E-state index contributed by atoms with van der Waals surface area (Å²) in [5, 5.41) is 8.98. The van der Waals surface area contributed by atoms with E-state index in [1.54, 1.807) is 15.9 Å². The third-order valence-corrected chi connectivity index (χ3v) is 9.74. The summed E-state index contributed by atoms with van der Waals surface area (Å²) in [7, 11) is -1.84. The van der Waals surface area contributed by atoms with Crippen molar-refractivity contribution in [2.45, 2.75) is 52.6 Å². The molecule has 0 aliphatic heterocycles. The van der Waals surface area contributed by atoms with Crippen molar-refractivity contribution < 1.29 is 51.0 Å². The summed E-state index contributed by atoms with van der Waals surface area (Å²) in [6.07, 6.45) is 0. The molecule has 0 nitrogen and oxygen atoms in total. The van der Waals surface area contributed by atoms with E-state index in [9.17, 15) is 0 Å². The molecule has 0 amide bonds. The van der Waals surface area contributed by atoms with Gasteiger partial charge in [0, 0.05) is 8.07 Å². The molecule has 156 valence electrons. The third kappa shape index (κ3) is 4.44. The second-order valence-corrected chi connectivity index (χ2v) is 13.4. The van der Waals surface area contributed by atoms with Crippen LogP contribution in [0.1, 0.15) is 50.7 Å². The minimum absolute atomic E-state index is 0. The molecule has 0 bridgehead atoms. The second kappa shape index (κ2) is 10.3. The molecule has 0 spiro atoms. The van der Waals surface area contributed by atoms with Crippen molar-refractivity contribution in [2.75, 3.05) is 0 Å². The van der Waals surface area contributed by atoms with Crippen LogP contribution in [0.25, 0.3) is 21.5 Å². The Morgan fingerprint density at radius 2 is 1.37 bits per heavy atom. The van der Waals surface area contributed by atoms with Gasteiger partial charge in [-0.05, 0) is 0 Å². The Bertz CT molecular complexity index is 1120. The fraction of sp³-hybridized carbons (Fsp3) is 0.308. The molecule has 0 saturated carbocycles. The van der Waals surface area contributed by atoms with Crippen molar-refractivity contribution in [3.05, 3.63) is 71.8 Å². The summed E-state index contributed by atoms with van der Waals surface area (Å²) in [4.78, 5) is 0. The van der Waals surface area contributed by atoms with Gasteiger partial charge >= 0.3 is 26.2 Å². The van der Waals surface area contributed by atoms with Crippen LogP contribution in [0.2, 0.25) is 13.1 Å². The summed E-state index contributed by atoms with van der Waals surface area (Å²) < 4.78 is 0. The van der Waals surface area contributed by atoms with E-state index in [1.807, 2.05) is 0 Å². The molecule has 0 N–H and O–H groups in total. The molecule has 0 fully saturated rings. The maximum atomic E-state index is 2.54. The maximum absolute atomic E-state index is 2.54. The van der Waals surface area contributed by atoms with Crippen molar-refractivity contribution in [2.24, 2.45) is 0 Å². The molecule has 0 heterocycles. The Balaban J connectivity index is 0.00000150. The normalized spacial score (nSPS) is 11.5. The average molecular weight is 533 g/mol. The van der Waals surface area contributed by atoms with Gasteiger partial charge in [0.05, 0.1) is 0 Å². The summed E-state index contributed by atoms with van der Waals surface area (Å²) in [6, 6.07) is 23.0. The van der Waals surface area contributed by atoms with Crippen LogP contribution >= 0.6 is 0 Å². The second-order valence-electron chi connectivity index (χ2n) is 9.05.